The normalized spacial score (nSPS) is 18.3. The van der Waals surface area contributed by atoms with Crippen LogP contribution in [0.15, 0.2) is 4.60 Å². The van der Waals surface area contributed by atoms with E-state index in [1.54, 1.807) is 11.7 Å². The monoisotopic (exact) mass is 328 g/mol. The van der Waals surface area contributed by atoms with Crippen molar-refractivity contribution >= 4 is 21.7 Å². The third-order valence-electron chi connectivity index (χ3n) is 3.95. The van der Waals surface area contributed by atoms with E-state index in [0.29, 0.717) is 10.3 Å². The first kappa shape index (κ1) is 14.7. The van der Waals surface area contributed by atoms with Crippen LogP contribution in [-0.2, 0) is 7.05 Å². The lowest BCUT2D eigenvalue weighted by atomic mass is 9.94. The molecule has 0 atom stereocenters. The zero-order chi connectivity index (χ0) is 14.0. The number of Topliss-reactive ketones (excluding diaryl/α,β-unsaturated/α-hetero) is 1. The van der Waals surface area contributed by atoms with Crippen LogP contribution in [-0.4, -0.2) is 44.3 Å². The second-order valence-electron chi connectivity index (χ2n) is 5.64. The number of nitrogens with zero attached hydrogens (tertiary/aromatic N) is 4. The zero-order valence-corrected chi connectivity index (χ0v) is 13.4. The first-order valence-electron chi connectivity index (χ1n) is 6.79. The summed E-state index contributed by atoms with van der Waals surface area (Å²) in [6.07, 6.45) is 4.86. The van der Waals surface area contributed by atoms with Gasteiger partial charge in [-0.15, -0.1) is 5.10 Å². The van der Waals surface area contributed by atoms with Crippen molar-refractivity contribution in [1.82, 2.24) is 19.9 Å². The van der Waals surface area contributed by atoms with Gasteiger partial charge in [-0.25, -0.2) is 4.68 Å². The second kappa shape index (κ2) is 5.71. The Balaban J connectivity index is 2.25. The Morgan fingerprint density at radius 3 is 2.26 bits per heavy atom. The van der Waals surface area contributed by atoms with Crippen LogP contribution in [0, 0.1) is 0 Å². The molecule has 0 N–H and O–H groups in total. The Morgan fingerprint density at radius 1 is 1.21 bits per heavy atom. The summed E-state index contributed by atoms with van der Waals surface area (Å²) >= 11 is 3.32. The third-order valence-corrected chi connectivity index (χ3v) is 4.49. The maximum absolute atomic E-state index is 12.8. The van der Waals surface area contributed by atoms with Crippen LogP contribution in [0.3, 0.4) is 0 Å². The molecule has 0 saturated carbocycles. The maximum atomic E-state index is 12.8. The Hall–Kier alpha value is -0.750. The van der Waals surface area contributed by atoms with E-state index in [4.69, 9.17) is 0 Å². The van der Waals surface area contributed by atoms with Crippen LogP contribution in [0.5, 0.6) is 0 Å². The number of rotatable bonds is 3. The molecule has 106 valence electrons. The molecule has 1 aliphatic heterocycles. The molecule has 0 spiro atoms. The van der Waals surface area contributed by atoms with Gasteiger partial charge in [0.05, 0.1) is 5.54 Å². The van der Waals surface area contributed by atoms with E-state index in [-0.39, 0.29) is 5.78 Å². The lowest BCUT2D eigenvalue weighted by Gasteiger charge is -2.36. The van der Waals surface area contributed by atoms with Gasteiger partial charge in [-0.1, -0.05) is 18.1 Å². The summed E-state index contributed by atoms with van der Waals surface area (Å²) in [5.41, 5.74) is 0.0387. The number of hydrogen-bond acceptors (Lipinski definition) is 4. The number of carbonyl (C=O) groups excluding carboxylic acids is 1. The van der Waals surface area contributed by atoms with Gasteiger partial charge in [-0.05, 0) is 55.7 Å². The molecule has 0 radical (unpaired) electrons. The van der Waals surface area contributed by atoms with Gasteiger partial charge in [0.15, 0.2) is 4.60 Å². The molecule has 0 bridgehead atoms. The number of aromatic nitrogens is 3. The van der Waals surface area contributed by atoms with E-state index in [9.17, 15) is 4.79 Å². The molecule has 2 rings (SSSR count). The molecule has 2 heterocycles. The third kappa shape index (κ3) is 2.89. The van der Waals surface area contributed by atoms with Crippen molar-refractivity contribution < 1.29 is 4.79 Å². The quantitative estimate of drug-likeness (QED) is 0.799. The number of ketones is 1. The van der Waals surface area contributed by atoms with Gasteiger partial charge in [-0.3, -0.25) is 9.69 Å². The van der Waals surface area contributed by atoms with Gasteiger partial charge in [0, 0.05) is 7.05 Å². The highest BCUT2D eigenvalue weighted by Crippen LogP contribution is 2.26. The van der Waals surface area contributed by atoms with E-state index in [0.717, 1.165) is 13.1 Å². The van der Waals surface area contributed by atoms with Crippen molar-refractivity contribution in [1.29, 1.82) is 0 Å². The number of carbonyl (C=O) groups is 1. The molecule has 0 unspecified atom stereocenters. The average molecular weight is 329 g/mol. The summed E-state index contributed by atoms with van der Waals surface area (Å²) in [6, 6.07) is 0. The molecular formula is C13H21BrN4O. The maximum Gasteiger partial charge on any atom is 0.203 e. The molecule has 1 aliphatic rings. The van der Waals surface area contributed by atoms with E-state index in [1.807, 2.05) is 13.8 Å². The predicted octanol–water partition coefficient (Wildman–Crippen LogP) is 2.41. The highest BCUT2D eigenvalue weighted by Gasteiger charge is 2.38. The molecule has 1 fully saturated rings. The van der Waals surface area contributed by atoms with Crippen molar-refractivity contribution in [3.63, 3.8) is 0 Å². The van der Waals surface area contributed by atoms with E-state index < -0.39 is 5.54 Å². The summed E-state index contributed by atoms with van der Waals surface area (Å²) in [7, 11) is 1.75. The minimum absolute atomic E-state index is 0.0776. The Morgan fingerprint density at radius 2 is 1.79 bits per heavy atom. The van der Waals surface area contributed by atoms with Gasteiger partial charge in [-0.2, -0.15) is 0 Å². The first-order chi connectivity index (χ1) is 8.94. The summed E-state index contributed by atoms with van der Waals surface area (Å²) in [4.78, 5) is 15.1. The number of hydrogen-bond donors (Lipinski definition) is 0. The minimum atomic E-state index is -0.512. The highest BCUT2D eigenvalue weighted by atomic mass is 79.9. The summed E-state index contributed by atoms with van der Waals surface area (Å²) in [5.74, 6) is 0.0776. The van der Waals surface area contributed by atoms with Crippen LogP contribution in [0.1, 0.15) is 50.0 Å². The largest absolute Gasteiger partial charge is 0.291 e. The molecule has 19 heavy (non-hydrogen) atoms. The average Bonchev–Trinajstić information content (AvgIpc) is 2.61. The van der Waals surface area contributed by atoms with E-state index in [2.05, 4.69) is 31.1 Å². The van der Waals surface area contributed by atoms with E-state index >= 15 is 0 Å². The van der Waals surface area contributed by atoms with Crippen LogP contribution in [0.25, 0.3) is 0 Å². The van der Waals surface area contributed by atoms with Crippen LogP contribution in [0.2, 0.25) is 0 Å². The van der Waals surface area contributed by atoms with Crippen LogP contribution < -0.4 is 0 Å². The molecule has 1 aromatic rings. The Kier molecular flexibility index (Phi) is 4.40. The highest BCUT2D eigenvalue weighted by molar-refractivity contribution is 9.10. The Bertz CT molecular complexity index is 442. The summed E-state index contributed by atoms with van der Waals surface area (Å²) in [6.45, 7) is 5.98. The van der Waals surface area contributed by atoms with Gasteiger partial charge < -0.3 is 0 Å². The van der Waals surface area contributed by atoms with Crippen molar-refractivity contribution in [2.75, 3.05) is 13.1 Å². The van der Waals surface area contributed by atoms with Crippen LogP contribution in [0.4, 0.5) is 0 Å². The fraction of sp³-hybridized carbons (Fsp3) is 0.769. The molecule has 1 saturated heterocycles. The molecule has 5 nitrogen and oxygen atoms in total. The number of aryl methyl sites for hydroxylation is 1. The molecule has 0 aliphatic carbocycles. The topological polar surface area (TPSA) is 51.0 Å². The SMILES string of the molecule is Cn1nnc(Br)c1C(=O)C(C)(C)N1CCCCCC1. The van der Waals surface area contributed by atoms with Crippen molar-refractivity contribution in [2.45, 2.75) is 45.1 Å². The van der Waals surface area contributed by atoms with E-state index in [1.165, 1.54) is 25.7 Å². The standard InChI is InChI=1S/C13H21BrN4O/c1-13(2,18-8-6-4-5-7-9-18)11(19)10-12(14)15-16-17(10)3/h4-9H2,1-3H3. The smallest absolute Gasteiger partial charge is 0.203 e. The fourth-order valence-electron chi connectivity index (χ4n) is 2.64. The minimum Gasteiger partial charge on any atom is -0.291 e. The first-order valence-corrected chi connectivity index (χ1v) is 7.59. The van der Waals surface area contributed by atoms with Gasteiger partial charge in [0.1, 0.15) is 5.69 Å². The molecule has 0 aromatic carbocycles. The second-order valence-corrected chi connectivity index (χ2v) is 6.39. The Labute approximate surface area is 122 Å². The molecule has 1 aromatic heterocycles. The summed E-state index contributed by atoms with van der Waals surface area (Å²) in [5, 5.41) is 7.80. The molecular weight excluding hydrogens is 308 g/mol. The van der Waals surface area contributed by atoms with Gasteiger partial charge in [0.25, 0.3) is 0 Å². The summed E-state index contributed by atoms with van der Waals surface area (Å²) < 4.78 is 2.08. The molecule has 6 heteroatoms. The lowest BCUT2D eigenvalue weighted by molar-refractivity contribution is 0.0638. The fourth-order valence-corrected chi connectivity index (χ4v) is 3.14. The number of halogens is 1. The number of likely N-dealkylation sites (tertiary alicyclic amines) is 1. The van der Waals surface area contributed by atoms with Gasteiger partial charge >= 0.3 is 0 Å². The van der Waals surface area contributed by atoms with Gasteiger partial charge in [0.2, 0.25) is 5.78 Å². The van der Waals surface area contributed by atoms with Crippen LogP contribution >= 0.6 is 15.9 Å². The lowest BCUT2D eigenvalue weighted by Crippen LogP contribution is -2.51. The van der Waals surface area contributed by atoms with Crippen molar-refractivity contribution in [3.8, 4) is 0 Å². The molecule has 0 amide bonds. The predicted molar refractivity (Wildman–Crippen MR) is 77.2 cm³/mol. The van der Waals surface area contributed by atoms with Crippen molar-refractivity contribution in [3.05, 3.63) is 10.3 Å². The van der Waals surface area contributed by atoms with Crippen molar-refractivity contribution in [2.24, 2.45) is 7.05 Å². The zero-order valence-electron chi connectivity index (χ0n) is 11.8.